The van der Waals surface area contributed by atoms with Crippen LogP contribution in [0.15, 0.2) is 18.3 Å². The SMILES string of the molecule is Cl.Nc1ccc(CC(=O)NCCC(=O)N2CCCCC2)nc1. The van der Waals surface area contributed by atoms with Crippen LogP contribution in [0.3, 0.4) is 0 Å². The number of pyridine rings is 1. The Morgan fingerprint density at radius 1 is 1.23 bits per heavy atom. The van der Waals surface area contributed by atoms with E-state index in [-0.39, 0.29) is 30.6 Å². The molecule has 1 fully saturated rings. The van der Waals surface area contributed by atoms with E-state index in [1.807, 2.05) is 4.90 Å². The minimum absolute atomic E-state index is 0. The summed E-state index contributed by atoms with van der Waals surface area (Å²) < 4.78 is 0. The van der Waals surface area contributed by atoms with Crippen LogP contribution in [0.5, 0.6) is 0 Å². The Hall–Kier alpha value is -1.82. The predicted molar refractivity (Wildman–Crippen MR) is 87.7 cm³/mol. The summed E-state index contributed by atoms with van der Waals surface area (Å²) in [7, 11) is 0. The summed E-state index contributed by atoms with van der Waals surface area (Å²) >= 11 is 0. The van der Waals surface area contributed by atoms with Gasteiger partial charge in [0, 0.05) is 31.7 Å². The summed E-state index contributed by atoms with van der Waals surface area (Å²) in [4.78, 5) is 29.6. The van der Waals surface area contributed by atoms with Crippen LogP contribution in [0, 0.1) is 0 Å². The third kappa shape index (κ3) is 5.89. The Balaban J connectivity index is 0.00000242. The van der Waals surface area contributed by atoms with Gasteiger partial charge in [-0.05, 0) is 31.4 Å². The van der Waals surface area contributed by atoms with Crippen LogP contribution in [-0.2, 0) is 16.0 Å². The molecule has 0 spiro atoms. The standard InChI is InChI=1S/C15H22N4O2.ClH/c16-12-4-5-13(18-11-12)10-14(20)17-7-6-15(21)19-8-2-1-3-9-19;/h4-5,11H,1-3,6-10,16H2,(H,17,20);1H. The van der Waals surface area contributed by atoms with Crippen LogP contribution in [0.1, 0.15) is 31.4 Å². The first-order chi connectivity index (χ1) is 10.1. The first-order valence-corrected chi connectivity index (χ1v) is 7.40. The molecule has 1 saturated heterocycles. The number of nitrogen functional groups attached to an aromatic ring is 1. The number of likely N-dealkylation sites (tertiary alicyclic amines) is 1. The largest absolute Gasteiger partial charge is 0.397 e. The van der Waals surface area contributed by atoms with E-state index in [2.05, 4.69) is 10.3 Å². The zero-order valence-corrected chi connectivity index (χ0v) is 13.4. The number of carbonyl (C=O) groups is 2. The number of nitrogens with one attached hydrogen (secondary N) is 1. The fraction of sp³-hybridized carbons (Fsp3) is 0.533. The molecular weight excluding hydrogens is 304 g/mol. The van der Waals surface area contributed by atoms with Gasteiger partial charge in [0.2, 0.25) is 11.8 Å². The molecule has 1 aromatic heterocycles. The van der Waals surface area contributed by atoms with E-state index in [1.54, 1.807) is 12.1 Å². The van der Waals surface area contributed by atoms with Crippen LogP contribution < -0.4 is 11.1 Å². The first-order valence-electron chi connectivity index (χ1n) is 7.40. The average molecular weight is 327 g/mol. The number of hydrogen-bond donors (Lipinski definition) is 2. The molecule has 3 N–H and O–H groups in total. The average Bonchev–Trinajstić information content (AvgIpc) is 2.50. The Bertz CT molecular complexity index is 487. The molecule has 1 aliphatic heterocycles. The van der Waals surface area contributed by atoms with Gasteiger partial charge >= 0.3 is 0 Å². The molecule has 2 heterocycles. The second-order valence-electron chi connectivity index (χ2n) is 5.30. The summed E-state index contributed by atoms with van der Waals surface area (Å²) in [6.07, 6.45) is 5.47. The van der Waals surface area contributed by atoms with E-state index >= 15 is 0 Å². The molecule has 1 aromatic rings. The second kappa shape index (κ2) is 9.25. The monoisotopic (exact) mass is 326 g/mol. The van der Waals surface area contributed by atoms with Crippen molar-refractivity contribution < 1.29 is 9.59 Å². The Morgan fingerprint density at radius 3 is 2.59 bits per heavy atom. The van der Waals surface area contributed by atoms with E-state index in [1.165, 1.54) is 12.6 Å². The van der Waals surface area contributed by atoms with Gasteiger partial charge in [0.1, 0.15) is 0 Å². The van der Waals surface area contributed by atoms with Gasteiger partial charge in [0.05, 0.1) is 18.3 Å². The zero-order valence-electron chi connectivity index (χ0n) is 12.6. The molecule has 2 amide bonds. The topological polar surface area (TPSA) is 88.3 Å². The van der Waals surface area contributed by atoms with Gasteiger partial charge in [-0.3, -0.25) is 14.6 Å². The second-order valence-corrected chi connectivity index (χ2v) is 5.30. The van der Waals surface area contributed by atoms with Gasteiger partial charge in [-0.25, -0.2) is 0 Å². The highest BCUT2D eigenvalue weighted by molar-refractivity contribution is 5.85. The summed E-state index contributed by atoms with van der Waals surface area (Å²) in [5.41, 5.74) is 6.78. The molecule has 122 valence electrons. The number of hydrogen-bond acceptors (Lipinski definition) is 4. The van der Waals surface area contributed by atoms with Crippen molar-refractivity contribution in [3.8, 4) is 0 Å². The predicted octanol–water partition coefficient (Wildman–Crippen LogP) is 1.15. The number of amides is 2. The van der Waals surface area contributed by atoms with E-state index in [0.29, 0.717) is 24.3 Å². The quantitative estimate of drug-likeness (QED) is 0.849. The molecule has 0 unspecified atom stereocenters. The van der Waals surface area contributed by atoms with Crippen molar-refractivity contribution in [3.63, 3.8) is 0 Å². The van der Waals surface area contributed by atoms with E-state index in [9.17, 15) is 9.59 Å². The lowest BCUT2D eigenvalue weighted by atomic mass is 10.1. The molecule has 6 nitrogen and oxygen atoms in total. The summed E-state index contributed by atoms with van der Waals surface area (Å²) in [5.74, 6) is -0.000625. The number of anilines is 1. The third-order valence-corrected chi connectivity index (χ3v) is 3.56. The number of nitrogens with zero attached hydrogens (tertiary/aromatic N) is 2. The molecule has 2 rings (SSSR count). The van der Waals surface area contributed by atoms with Gasteiger partial charge in [0.25, 0.3) is 0 Å². The molecule has 0 bridgehead atoms. The fourth-order valence-electron chi connectivity index (χ4n) is 2.38. The van der Waals surface area contributed by atoms with Gasteiger partial charge < -0.3 is 16.0 Å². The van der Waals surface area contributed by atoms with Crippen molar-refractivity contribution in [2.45, 2.75) is 32.1 Å². The fourth-order valence-corrected chi connectivity index (χ4v) is 2.38. The minimum atomic E-state index is -0.126. The number of carbonyl (C=O) groups excluding carboxylic acids is 2. The van der Waals surface area contributed by atoms with Crippen molar-refractivity contribution in [1.82, 2.24) is 15.2 Å². The van der Waals surface area contributed by atoms with Crippen LogP contribution in [0.2, 0.25) is 0 Å². The molecule has 0 saturated carbocycles. The van der Waals surface area contributed by atoms with Gasteiger partial charge in [-0.15, -0.1) is 12.4 Å². The molecule has 0 radical (unpaired) electrons. The van der Waals surface area contributed by atoms with Crippen LogP contribution in [0.4, 0.5) is 5.69 Å². The normalized spacial score (nSPS) is 14.1. The number of rotatable bonds is 5. The molecule has 1 aliphatic rings. The Kier molecular flexibility index (Phi) is 7.66. The van der Waals surface area contributed by atoms with E-state index in [0.717, 1.165) is 25.9 Å². The lowest BCUT2D eigenvalue weighted by Crippen LogP contribution is -2.38. The highest BCUT2D eigenvalue weighted by Crippen LogP contribution is 2.09. The molecule has 0 atom stereocenters. The number of nitrogens with two attached hydrogens (primary N) is 1. The molecule has 0 aliphatic carbocycles. The van der Waals surface area contributed by atoms with Crippen LogP contribution in [0.25, 0.3) is 0 Å². The van der Waals surface area contributed by atoms with Crippen molar-refractivity contribution in [3.05, 3.63) is 24.0 Å². The smallest absolute Gasteiger partial charge is 0.226 e. The highest BCUT2D eigenvalue weighted by atomic mass is 35.5. The maximum Gasteiger partial charge on any atom is 0.226 e. The molecule has 7 heteroatoms. The maximum absolute atomic E-state index is 11.9. The maximum atomic E-state index is 11.9. The van der Waals surface area contributed by atoms with Crippen LogP contribution in [-0.4, -0.2) is 41.3 Å². The lowest BCUT2D eigenvalue weighted by molar-refractivity contribution is -0.132. The number of aromatic nitrogens is 1. The highest BCUT2D eigenvalue weighted by Gasteiger charge is 2.16. The van der Waals surface area contributed by atoms with E-state index in [4.69, 9.17) is 5.73 Å². The van der Waals surface area contributed by atoms with Gasteiger partial charge in [-0.1, -0.05) is 0 Å². The molecular formula is C15H23ClN4O2. The first kappa shape index (κ1) is 18.2. The number of piperidine rings is 1. The van der Waals surface area contributed by atoms with Crippen LogP contribution >= 0.6 is 12.4 Å². The molecule has 0 aromatic carbocycles. The lowest BCUT2D eigenvalue weighted by Gasteiger charge is -2.26. The minimum Gasteiger partial charge on any atom is -0.397 e. The number of halogens is 1. The van der Waals surface area contributed by atoms with Gasteiger partial charge in [0.15, 0.2) is 0 Å². The van der Waals surface area contributed by atoms with Crippen molar-refractivity contribution in [2.75, 3.05) is 25.4 Å². The Morgan fingerprint density at radius 2 is 1.95 bits per heavy atom. The summed E-state index contributed by atoms with van der Waals surface area (Å²) in [6, 6.07) is 3.45. The van der Waals surface area contributed by atoms with Crippen molar-refractivity contribution in [2.24, 2.45) is 0 Å². The van der Waals surface area contributed by atoms with Crippen molar-refractivity contribution >= 4 is 29.9 Å². The van der Waals surface area contributed by atoms with E-state index < -0.39 is 0 Å². The Labute approximate surface area is 136 Å². The van der Waals surface area contributed by atoms with Gasteiger partial charge in [-0.2, -0.15) is 0 Å². The van der Waals surface area contributed by atoms with Crippen molar-refractivity contribution in [1.29, 1.82) is 0 Å². The summed E-state index contributed by atoms with van der Waals surface area (Å²) in [5, 5.41) is 2.76. The molecule has 22 heavy (non-hydrogen) atoms. The zero-order chi connectivity index (χ0) is 15.1. The third-order valence-electron chi connectivity index (χ3n) is 3.56. The summed E-state index contributed by atoms with van der Waals surface area (Å²) in [6.45, 7) is 2.08.